The van der Waals surface area contributed by atoms with E-state index in [2.05, 4.69) is 9.80 Å². The van der Waals surface area contributed by atoms with E-state index in [0.717, 1.165) is 83.4 Å². The second-order valence-electron chi connectivity index (χ2n) is 8.32. The van der Waals surface area contributed by atoms with Gasteiger partial charge in [0.25, 0.3) is 5.91 Å². The van der Waals surface area contributed by atoms with Crippen molar-refractivity contribution in [1.82, 2.24) is 14.7 Å². The van der Waals surface area contributed by atoms with Crippen LogP contribution in [0.15, 0.2) is 16.7 Å². The van der Waals surface area contributed by atoms with E-state index in [9.17, 15) is 9.59 Å². The minimum Gasteiger partial charge on any atom is -0.459 e. The number of nitrogens with zero attached hydrogens (tertiary/aromatic N) is 3. The van der Waals surface area contributed by atoms with Crippen molar-refractivity contribution in [3.05, 3.63) is 23.7 Å². The number of likely N-dealkylation sites (tertiary alicyclic amines) is 3. The van der Waals surface area contributed by atoms with Crippen LogP contribution in [-0.2, 0) is 4.79 Å². The summed E-state index contributed by atoms with van der Waals surface area (Å²) in [6, 6.07) is 2.33. The Morgan fingerprint density at radius 3 is 2.37 bits per heavy atom. The van der Waals surface area contributed by atoms with E-state index in [1.54, 1.807) is 6.26 Å². The number of amides is 2. The van der Waals surface area contributed by atoms with E-state index in [0.29, 0.717) is 17.7 Å². The van der Waals surface area contributed by atoms with Gasteiger partial charge >= 0.3 is 0 Å². The van der Waals surface area contributed by atoms with Gasteiger partial charge in [0.15, 0.2) is 5.76 Å². The molecule has 0 radical (unpaired) electrons. The van der Waals surface area contributed by atoms with Crippen molar-refractivity contribution in [3.63, 3.8) is 0 Å². The predicted octanol–water partition coefficient (Wildman–Crippen LogP) is 2.53. The van der Waals surface area contributed by atoms with Gasteiger partial charge in [-0.25, -0.2) is 0 Å². The van der Waals surface area contributed by atoms with E-state index in [-0.39, 0.29) is 11.8 Å². The first-order valence-electron chi connectivity index (χ1n) is 10.5. The summed E-state index contributed by atoms with van der Waals surface area (Å²) >= 11 is 0. The van der Waals surface area contributed by atoms with Crippen LogP contribution in [0.4, 0.5) is 0 Å². The zero-order valence-electron chi connectivity index (χ0n) is 16.4. The Morgan fingerprint density at radius 1 is 0.963 bits per heavy atom. The highest BCUT2D eigenvalue weighted by Gasteiger charge is 2.35. The second-order valence-corrected chi connectivity index (χ2v) is 8.32. The Morgan fingerprint density at radius 2 is 1.70 bits per heavy atom. The molecule has 0 N–H and O–H groups in total. The maximum absolute atomic E-state index is 12.8. The summed E-state index contributed by atoms with van der Waals surface area (Å²) in [5.41, 5.74) is 0.904. The number of carbonyl (C=O) groups excluding carboxylic acids is 2. The van der Waals surface area contributed by atoms with Crippen LogP contribution in [0.2, 0.25) is 0 Å². The monoisotopic (exact) mass is 373 g/mol. The fourth-order valence-electron chi connectivity index (χ4n) is 4.90. The van der Waals surface area contributed by atoms with Crippen molar-refractivity contribution >= 4 is 11.8 Å². The summed E-state index contributed by atoms with van der Waals surface area (Å²) in [5.74, 6) is 1.03. The summed E-state index contributed by atoms with van der Waals surface area (Å²) in [4.78, 5) is 31.9. The van der Waals surface area contributed by atoms with Gasteiger partial charge in [0, 0.05) is 44.3 Å². The Hall–Kier alpha value is -1.82. The molecular weight excluding hydrogens is 342 g/mol. The van der Waals surface area contributed by atoms with Gasteiger partial charge in [-0.1, -0.05) is 0 Å². The summed E-state index contributed by atoms with van der Waals surface area (Å²) in [6.07, 6.45) is 8.00. The third-order valence-electron chi connectivity index (χ3n) is 6.54. The van der Waals surface area contributed by atoms with Crippen LogP contribution < -0.4 is 0 Å². The number of hydrogen-bond donors (Lipinski definition) is 0. The molecule has 0 spiro atoms. The summed E-state index contributed by atoms with van der Waals surface area (Å²) in [7, 11) is 0. The van der Waals surface area contributed by atoms with E-state index in [1.165, 1.54) is 0 Å². The molecular formula is C21H31N3O3. The van der Waals surface area contributed by atoms with Gasteiger partial charge in [-0.2, -0.15) is 0 Å². The van der Waals surface area contributed by atoms with Crippen molar-refractivity contribution in [3.8, 4) is 0 Å². The molecule has 148 valence electrons. The highest BCUT2D eigenvalue weighted by molar-refractivity contribution is 5.92. The smallest absolute Gasteiger partial charge is 0.289 e. The molecule has 6 nitrogen and oxygen atoms in total. The van der Waals surface area contributed by atoms with Crippen LogP contribution >= 0.6 is 0 Å². The fourth-order valence-corrected chi connectivity index (χ4v) is 4.90. The first-order valence-corrected chi connectivity index (χ1v) is 10.5. The van der Waals surface area contributed by atoms with Gasteiger partial charge in [0.2, 0.25) is 5.91 Å². The van der Waals surface area contributed by atoms with Crippen LogP contribution in [0.3, 0.4) is 0 Å². The zero-order valence-corrected chi connectivity index (χ0v) is 16.4. The lowest BCUT2D eigenvalue weighted by Crippen LogP contribution is -2.51. The first kappa shape index (κ1) is 18.5. The molecule has 1 atom stereocenters. The van der Waals surface area contributed by atoms with Gasteiger partial charge in [0.05, 0.1) is 12.2 Å². The molecule has 0 aliphatic carbocycles. The minimum absolute atomic E-state index is 0.0108. The number of furan rings is 1. The van der Waals surface area contributed by atoms with Gasteiger partial charge in [-0.05, 0) is 58.1 Å². The third-order valence-corrected chi connectivity index (χ3v) is 6.54. The molecule has 3 saturated heterocycles. The normalized spacial score (nSPS) is 25.1. The number of piperidine rings is 2. The second kappa shape index (κ2) is 8.05. The first-order chi connectivity index (χ1) is 13.1. The lowest BCUT2D eigenvalue weighted by atomic mass is 9.93. The van der Waals surface area contributed by atoms with Crippen molar-refractivity contribution in [2.45, 2.75) is 51.5 Å². The Bertz CT molecular complexity index is 672. The van der Waals surface area contributed by atoms with Crippen molar-refractivity contribution in [1.29, 1.82) is 0 Å². The van der Waals surface area contributed by atoms with E-state index < -0.39 is 0 Å². The maximum atomic E-state index is 12.8. The average Bonchev–Trinajstić information content (AvgIpc) is 3.39. The lowest BCUT2D eigenvalue weighted by Gasteiger charge is -2.42. The van der Waals surface area contributed by atoms with Crippen LogP contribution in [0.5, 0.6) is 0 Å². The minimum atomic E-state index is 0.0108. The number of carbonyl (C=O) groups is 2. The molecule has 3 aliphatic rings. The number of hydrogen-bond acceptors (Lipinski definition) is 4. The summed E-state index contributed by atoms with van der Waals surface area (Å²) in [5, 5.41) is 0. The van der Waals surface area contributed by atoms with Crippen LogP contribution in [0.1, 0.15) is 54.6 Å². The Balaban J connectivity index is 1.30. The average molecular weight is 373 g/mol. The molecule has 0 unspecified atom stereocenters. The van der Waals surface area contributed by atoms with Crippen LogP contribution in [0.25, 0.3) is 0 Å². The Kier molecular flexibility index (Phi) is 5.53. The molecule has 1 aromatic heterocycles. The Labute approximate surface area is 161 Å². The van der Waals surface area contributed by atoms with Gasteiger partial charge in [0.1, 0.15) is 0 Å². The highest BCUT2D eigenvalue weighted by Crippen LogP contribution is 2.27. The van der Waals surface area contributed by atoms with E-state index in [1.807, 2.05) is 17.9 Å². The number of aryl methyl sites for hydroxylation is 1. The molecule has 6 heteroatoms. The van der Waals surface area contributed by atoms with Crippen LogP contribution in [-0.4, -0.2) is 71.8 Å². The summed E-state index contributed by atoms with van der Waals surface area (Å²) < 4.78 is 5.37. The molecule has 27 heavy (non-hydrogen) atoms. The van der Waals surface area contributed by atoms with Gasteiger partial charge in [-0.3, -0.25) is 14.5 Å². The maximum Gasteiger partial charge on any atom is 0.289 e. The van der Waals surface area contributed by atoms with Crippen molar-refractivity contribution < 1.29 is 14.0 Å². The van der Waals surface area contributed by atoms with Gasteiger partial charge in [-0.15, -0.1) is 0 Å². The number of rotatable bonds is 3. The fraction of sp³-hybridized carbons (Fsp3) is 0.714. The zero-order chi connectivity index (χ0) is 18.8. The van der Waals surface area contributed by atoms with E-state index >= 15 is 0 Å². The molecule has 0 bridgehead atoms. The molecule has 0 aromatic carbocycles. The molecule has 2 amide bonds. The third kappa shape index (κ3) is 3.91. The molecule has 4 rings (SSSR count). The molecule has 3 fully saturated rings. The van der Waals surface area contributed by atoms with E-state index in [4.69, 9.17) is 4.42 Å². The standard InChI is InChI=1S/C21H31N3O3/c1-16-8-14-27-19(16)21(26)23-12-6-18(7-13-23)24-11-4-5-17(15-24)20(25)22-9-2-3-10-22/h8,14,17-18H,2-7,9-13,15H2,1H3/t17-/m0/s1. The SMILES string of the molecule is Cc1ccoc1C(=O)N1CCC(N2CCC[C@H](C(=O)N3CCCC3)C2)CC1. The molecule has 0 saturated carbocycles. The summed E-state index contributed by atoms with van der Waals surface area (Å²) in [6.45, 7) is 7.32. The molecule has 4 heterocycles. The highest BCUT2D eigenvalue weighted by atomic mass is 16.3. The van der Waals surface area contributed by atoms with Crippen molar-refractivity contribution in [2.24, 2.45) is 5.92 Å². The van der Waals surface area contributed by atoms with Crippen LogP contribution in [0, 0.1) is 12.8 Å². The molecule has 1 aromatic rings. The predicted molar refractivity (Wildman–Crippen MR) is 102 cm³/mol. The van der Waals surface area contributed by atoms with Gasteiger partial charge < -0.3 is 14.2 Å². The quantitative estimate of drug-likeness (QED) is 0.817. The lowest BCUT2D eigenvalue weighted by molar-refractivity contribution is -0.136. The largest absolute Gasteiger partial charge is 0.459 e. The molecule has 3 aliphatic heterocycles. The topological polar surface area (TPSA) is 57.0 Å². The van der Waals surface area contributed by atoms with Crippen molar-refractivity contribution in [2.75, 3.05) is 39.3 Å².